The van der Waals surface area contributed by atoms with Crippen LogP contribution in [0.5, 0.6) is 5.75 Å². The lowest BCUT2D eigenvalue weighted by atomic mass is 10.0. The second kappa shape index (κ2) is 10.7. The van der Waals surface area contributed by atoms with E-state index in [1.807, 2.05) is 42.5 Å². The first-order valence-corrected chi connectivity index (χ1v) is 13.6. The molecule has 2 aliphatic rings. The first kappa shape index (κ1) is 24.9. The maximum atomic E-state index is 12.9. The minimum absolute atomic E-state index is 0.122. The number of carbonyl (C=O) groups is 3. The van der Waals surface area contributed by atoms with Crippen LogP contribution in [0.15, 0.2) is 95.3 Å². The molecule has 0 unspecified atom stereocenters. The number of benzene rings is 2. The van der Waals surface area contributed by atoms with E-state index in [1.54, 1.807) is 41.2 Å². The number of aromatic hydroxyl groups is 1. The summed E-state index contributed by atoms with van der Waals surface area (Å²) in [4.78, 5) is 39.5. The third-order valence-corrected chi connectivity index (χ3v) is 8.37. The molecule has 37 heavy (non-hydrogen) atoms. The summed E-state index contributed by atoms with van der Waals surface area (Å²) in [6.45, 7) is 0.411. The molecule has 0 saturated carbocycles. The number of hydrogen-bond donors (Lipinski definition) is 2. The van der Waals surface area contributed by atoms with E-state index in [0.29, 0.717) is 17.9 Å². The van der Waals surface area contributed by atoms with Crippen molar-refractivity contribution in [2.75, 3.05) is 11.5 Å². The lowest BCUT2D eigenvalue weighted by Gasteiger charge is -2.50. The number of fused-ring (bicyclic) bond motifs is 2. The summed E-state index contributed by atoms with van der Waals surface area (Å²) < 4.78 is 1.74. The SMILES string of the molecule is O=C(CSc1ccc2ccccc2c1)N[C@@H]1C(=O)N2C(C(=O)[O-])=C(C=CC[n+]3cccc(O)c3)CS[C@H]12. The van der Waals surface area contributed by atoms with Crippen molar-refractivity contribution in [2.45, 2.75) is 22.9 Å². The summed E-state index contributed by atoms with van der Waals surface area (Å²) >= 11 is 2.78. The second-order valence-corrected chi connectivity index (χ2v) is 10.7. The topological polar surface area (TPSA) is 114 Å². The van der Waals surface area contributed by atoms with Gasteiger partial charge in [-0.15, -0.1) is 23.5 Å². The maximum Gasteiger partial charge on any atom is 0.253 e. The van der Waals surface area contributed by atoms with Crippen LogP contribution in [0.3, 0.4) is 0 Å². The molecular formula is C27H23N3O5S2. The number of aliphatic carboxylic acids is 1. The van der Waals surface area contributed by atoms with E-state index in [4.69, 9.17) is 0 Å². The van der Waals surface area contributed by atoms with E-state index in [2.05, 4.69) is 5.32 Å². The van der Waals surface area contributed by atoms with Gasteiger partial charge in [0.2, 0.25) is 12.1 Å². The number of amides is 2. The Morgan fingerprint density at radius 2 is 2.00 bits per heavy atom. The lowest BCUT2D eigenvalue weighted by molar-refractivity contribution is -0.687. The van der Waals surface area contributed by atoms with Crippen molar-refractivity contribution in [3.05, 3.63) is 90.4 Å². The Kier molecular flexibility index (Phi) is 7.20. The summed E-state index contributed by atoms with van der Waals surface area (Å²) in [5.74, 6) is -1.56. The highest BCUT2D eigenvalue weighted by atomic mass is 32.2. The molecule has 2 N–H and O–H groups in total. The minimum Gasteiger partial charge on any atom is -0.543 e. The number of nitrogens with one attached hydrogen (secondary N) is 1. The van der Waals surface area contributed by atoms with E-state index in [9.17, 15) is 24.6 Å². The van der Waals surface area contributed by atoms with Crippen molar-refractivity contribution >= 4 is 52.1 Å². The number of carbonyl (C=O) groups excluding carboxylic acids is 3. The van der Waals surface area contributed by atoms with Crippen LogP contribution in [0.2, 0.25) is 0 Å². The summed E-state index contributed by atoms with van der Waals surface area (Å²) in [6, 6.07) is 16.4. The van der Waals surface area contributed by atoms with Gasteiger partial charge in [0.1, 0.15) is 11.4 Å². The summed E-state index contributed by atoms with van der Waals surface area (Å²) in [6.07, 6.45) is 6.74. The summed E-state index contributed by atoms with van der Waals surface area (Å²) in [5, 5.41) is 26.0. The fourth-order valence-corrected chi connectivity index (χ4v) is 6.39. The number of hydrogen-bond acceptors (Lipinski definition) is 7. The molecular weight excluding hydrogens is 510 g/mol. The molecule has 0 radical (unpaired) electrons. The first-order valence-electron chi connectivity index (χ1n) is 11.6. The molecule has 3 heterocycles. The predicted molar refractivity (Wildman–Crippen MR) is 139 cm³/mol. The van der Waals surface area contributed by atoms with Gasteiger partial charge in [-0.1, -0.05) is 36.4 Å². The van der Waals surface area contributed by atoms with Crippen LogP contribution in [0.25, 0.3) is 10.8 Å². The highest BCUT2D eigenvalue weighted by Crippen LogP contribution is 2.40. The van der Waals surface area contributed by atoms with Crippen LogP contribution in [0, 0.1) is 0 Å². The summed E-state index contributed by atoms with van der Waals surface area (Å²) in [7, 11) is 0. The molecule has 8 nitrogen and oxygen atoms in total. The van der Waals surface area contributed by atoms with Gasteiger partial charge >= 0.3 is 0 Å². The quantitative estimate of drug-likeness (QED) is 0.257. The Hall–Kier alpha value is -3.76. The molecule has 1 aromatic heterocycles. The molecule has 0 spiro atoms. The molecule has 1 saturated heterocycles. The third kappa shape index (κ3) is 5.35. The van der Waals surface area contributed by atoms with Crippen LogP contribution < -0.4 is 15.0 Å². The van der Waals surface area contributed by atoms with E-state index < -0.39 is 23.3 Å². The van der Waals surface area contributed by atoms with Crippen molar-refractivity contribution in [1.82, 2.24) is 10.2 Å². The number of rotatable bonds is 8. The fraction of sp³-hybridized carbons (Fsp3) is 0.185. The molecule has 2 aromatic carbocycles. The number of aromatic nitrogens is 1. The molecule has 188 valence electrons. The molecule has 0 aliphatic carbocycles. The van der Waals surface area contributed by atoms with E-state index in [0.717, 1.165) is 15.7 Å². The van der Waals surface area contributed by atoms with Crippen LogP contribution in [0.4, 0.5) is 0 Å². The largest absolute Gasteiger partial charge is 0.543 e. The van der Waals surface area contributed by atoms with E-state index in [-0.39, 0.29) is 23.1 Å². The van der Waals surface area contributed by atoms with Gasteiger partial charge in [-0.25, -0.2) is 0 Å². The van der Waals surface area contributed by atoms with Crippen molar-refractivity contribution in [1.29, 1.82) is 0 Å². The second-order valence-electron chi connectivity index (χ2n) is 8.58. The number of carboxylic acids is 1. The molecule has 5 rings (SSSR count). The normalized spacial score (nSPS) is 19.1. The lowest BCUT2D eigenvalue weighted by Crippen LogP contribution is -2.71. The molecule has 1 fully saturated rings. The summed E-state index contributed by atoms with van der Waals surface area (Å²) in [5.41, 5.74) is 0.300. The van der Waals surface area contributed by atoms with Gasteiger partial charge in [0, 0.05) is 16.7 Å². The molecule has 3 aromatic rings. The highest BCUT2D eigenvalue weighted by Gasteiger charge is 2.52. The Balaban J connectivity index is 1.21. The third-order valence-electron chi connectivity index (χ3n) is 6.08. The van der Waals surface area contributed by atoms with Crippen LogP contribution in [-0.2, 0) is 20.9 Å². The van der Waals surface area contributed by atoms with Crippen LogP contribution >= 0.6 is 23.5 Å². The maximum absolute atomic E-state index is 12.9. The standard InChI is InChI=1S/C27H23N3O5S2/c31-20-8-4-12-29(14-20)11-3-7-19-15-37-26-23(25(33)30(26)24(19)27(34)35)28-22(32)16-36-21-10-9-17-5-1-2-6-18(17)13-21/h1-10,12-14,23,26H,11,15-16H2,(H2-,28,31,32,34,35)/t23-,26-/m1/s1. The molecule has 2 aliphatic heterocycles. The highest BCUT2D eigenvalue weighted by molar-refractivity contribution is 8.00. The zero-order valence-electron chi connectivity index (χ0n) is 19.6. The smallest absolute Gasteiger partial charge is 0.253 e. The Bertz CT molecular complexity index is 1450. The molecule has 0 bridgehead atoms. The molecule has 2 amide bonds. The number of pyridine rings is 1. The van der Waals surface area contributed by atoms with Gasteiger partial charge in [-0.05, 0) is 40.6 Å². The average Bonchev–Trinajstić information content (AvgIpc) is 2.90. The van der Waals surface area contributed by atoms with Crippen molar-refractivity contribution in [2.24, 2.45) is 0 Å². The molecule has 2 atom stereocenters. The predicted octanol–water partition coefficient (Wildman–Crippen LogP) is 1.59. The first-order chi connectivity index (χ1) is 17.9. The number of allylic oxidation sites excluding steroid dienone is 2. The van der Waals surface area contributed by atoms with Crippen molar-refractivity contribution in [3.8, 4) is 5.75 Å². The minimum atomic E-state index is -1.43. The van der Waals surface area contributed by atoms with Gasteiger partial charge in [-0.3, -0.25) is 14.5 Å². The van der Waals surface area contributed by atoms with Crippen LogP contribution in [0.1, 0.15) is 0 Å². The van der Waals surface area contributed by atoms with Crippen molar-refractivity contribution < 1.29 is 29.2 Å². The van der Waals surface area contributed by atoms with Gasteiger partial charge < -0.3 is 20.3 Å². The number of nitrogens with zero attached hydrogens (tertiary/aromatic N) is 2. The van der Waals surface area contributed by atoms with E-state index >= 15 is 0 Å². The van der Waals surface area contributed by atoms with Gasteiger partial charge in [0.25, 0.3) is 5.91 Å². The van der Waals surface area contributed by atoms with Crippen molar-refractivity contribution in [3.63, 3.8) is 0 Å². The number of carboxylic acid groups (broad SMARTS) is 1. The Morgan fingerprint density at radius 1 is 1.19 bits per heavy atom. The Morgan fingerprint density at radius 3 is 2.78 bits per heavy atom. The van der Waals surface area contributed by atoms with E-state index in [1.165, 1.54) is 28.4 Å². The average molecular weight is 534 g/mol. The Labute approximate surface area is 221 Å². The number of β-lactam (4-membered cyclic amide) rings is 1. The van der Waals surface area contributed by atoms with Crippen LogP contribution in [-0.4, -0.2) is 50.7 Å². The van der Waals surface area contributed by atoms with Gasteiger partial charge in [0.15, 0.2) is 18.5 Å². The molecule has 10 heteroatoms. The zero-order valence-corrected chi connectivity index (χ0v) is 21.2. The van der Waals surface area contributed by atoms with Gasteiger partial charge in [0.05, 0.1) is 17.4 Å². The number of thioether (sulfide) groups is 2. The fourth-order valence-electron chi connectivity index (χ4n) is 4.32. The zero-order chi connectivity index (χ0) is 25.9. The van der Waals surface area contributed by atoms with Gasteiger partial charge in [-0.2, -0.15) is 4.57 Å². The monoisotopic (exact) mass is 533 g/mol.